The second-order valence-corrected chi connectivity index (χ2v) is 3.25. The molecule has 1 aromatic carbocycles. The Labute approximate surface area is 89.2 Å². The molecular formula is C10H8BrFO2. The van der Waals surface area contributed by atoms with Gasteiger partial charge in [-0.25, -0.2) is 9.18 Å². The highest BCUT2D eigenvalue weighted by molar-refractivity contribution is 9.09. The Balaban J connectivity index is 3.06. The van der Waals surface area contributed by atoms with Crippen molar-refractivity contribution in [3.8, 4) is 0 Å². The van der Waals surface area contributed by atoms with Crippen molar-refractivity contribution in [3.05, 3.63) is 41.2 Å². The van der Waals surface area contributed by atoms with Gasteiger partial charge in [-0.2, -0.15) is 0 Å². The maximum absolute atomic E-state index is 12.9. The minimum Gasteiger partial charge on any atom is -0.478 e. The number of carboxylic acids is 1. The molecule has 0 unspecified atom stereocenters. The number of alkyl halides is 1. The Bertz CT molecular complexity index is 374. The summed E-state index contributed by atoms with van der Waals surface area (Å²) in [4.78, 5) is 10.6. The van der Waals surface area contributed by atoms with Crippen LogP contribution in [0.1, 0.15) is 15.9 Å². The summed E-state index contributed by atoms with van der Waals surface area (Å²) in [5.41, 5.74) is 0.366. The van der Waals surface area contributed by atoms with Gasteiger partial charge in [-0.1, -0.05) is 34.1 Å². The van der Waals surface area contributed by atoms with Gasteiger partial charge in [0.2, 0.25) is 0 Å². The van der Waals surface area contributed by atoms with E-state index in [-0.39, 0.29) is 5.56 Å². The summed E-state index contributed by atoms with van der Waals surface area (Å²) in [6.45, 7) is 0. The molecule has 1 N–H and O–H groups in total. The highest BCUT2D eigenvalue weighted by Crippen LogP contribution is 2.12. The van der Waals surface area contributed by atoms with Gasteiger partial charge < -0.3 is 5.11 Å². The first kappa shape index (κ1) is 10.9. The normalized spacial score (nSPS) is 10.7. The Morgan fingerprint density at radius 1 is 1.57 bits per heavy atom. The van der Waals surface area contributed by atoms with Crippen LogP contribution >= 0.6 is 15.9 Å². The molecule has 1 rings (SSSR count). The predicted molar refractivity (Wildman–Crippen MR) is 56.2 cm³/mol. The van der Waals surface area contributed by atoms with E-state index >= 15 is 0 Å². The predicted octanol–water partition coefficient (Wildman–Crippen LogP) is 2.93. The van der Waals surface area contributed by atoms with Gasteiger partial charge in [-0.3, -0.25) is 0 Å². The number of carbonyl (C=O) groups is 1. The van der Waals surface area contributed by atoms with Crippen molar-refractivity contribution in [1.82, 2.24) is 0 Å². The van der Waals surface area contributed by atoms with Crippen LogP contribution < -0.4 is 0 Å². The quantitative estimate of drug-likeness (QED) is 0.847. The van der Waals surface area contributed by atoms with Crippen LogP contribution in [0, 0.1) is 5.82 Å². The third kappa shape index (κ3) is 2.67. The molecule has 0 radical (unpaired) electrons. The molecule has 0 amide bonds. The van der Waals surface area contributed by atoms with E-state index in [1.807, 2.05) is 0 Å². The molecular weight excluding hydrogens is 251 g/mol. The van der Waals surface area contributed by atoms with E-state index in [1.165, 1.54) is 12.1 Å². The van der Waals surface area contributed by atoms with Crippen LogP contribution in [0.3, 0.4) is 0 Å². The molecule has 2 nitrogen and oxygen atoms in total. The van der Waals surface area contributed by atoms with Gasteiger partial charge in [-0.15, -0.1) is 0 Å². The Morgan fingerprint density at radius 3 is 2.86 bits per heavy atom. The van der Waals surface area contributed by atoms with Crippen molar-refractivity contribution >= 4 is 28.0 Å². The Morgan fingerprint density at radius 2 is 2.29 bits per heavy atom. The van der Waals surface area contributed by atoms with E-state index < -0.39 is 11.8 Å². The van der Waals surface area contributed by atoms with Crippen LogP contribution in [0.2, 0.25) is 0 Å². The fourth-order valence-corrected chi connectivity index (χ4v) is 1.18. The first-order chi connectivity index (χ1) is 6.65. The van der Waals surface area contributed by atoms with Crippen molar-refractivity contribution in [2.24, 2.45) is 0 Å². The summed E-state index contributed by atoms with van der Waals surface area (Å²) in [5, 5.41) is 9.32. The third-order valence-corrected chi connectivity index (χ3v) is 1.99. The lowest BCUT2D eigenvalue weighted by atomic mass is 10.1. The van der Waals surface area contributed by atoms with Gasteiger partial charge in [0.05, 0.1) is 5.56 Å². The van der Waals surface area contributed by atoms with Crippen LogP contribution in [-0.2, 0) is 0 Å². The van der Waals surface area contributed by atoms with Crippen molar-refractivity contribution in [2.45, 2.75) is 0 Å². The maximum atomic E-state index is 12.9. The van der Waals surface area contributed by atoms with E-state index in [4.69, 9.17) is 5.11 Å². The van der Waals surface area contributed by atoms with E-state index in [0.29, 0.717) is 10.9 Å². The van der Waals surface area contributed by atoms with Crippen LogP contribution in [0.25, 0.3) is 6.08 Å². The molecule has 0 heterocycles. The summed E-state index contributed by atoms with van der Waals surface area (Å²) in [5.74, 6) is -1.97. The SMILES string of the molecule is O=C(O)c1cc(C=CCBr)ccc1F. The lowest BCUT2D eigenvalue weighted by Gasteiger charge is -1.98. The number of benzene rings is 1. The summed E-state index contributed by atoms with van der Waals surface area (Å²) >= 11 is 3.19. The van der Waals surface area contributed by atoms with Crippen molar-refractivity contribution < 1.29 is 14.3 Å². The van der Waals surface area contributed by atoms with Crippen LogP contribution in [0.5, 0.6) is 0 Å². The molecule has 0 saturated heterocycles. The van der Waals surface area contributed by atoms with Gasteiger partial charge in [-0.05, 0) is 17.7 Å². The smallest absolute Gasteiger partial charge is 0.338 e. The van der Waals surface area contributed by atoms with Crippen LogP contribution in [0.15, 0.2) is 24.3 Å². The molecule has 14 heavy (non-hydrogen) atoms. The van der Waals surface area contributed by atoms with Crippen LogP contribution in [-0.4, -0.2) is 16.4 Å². The first-order valence-electron chi connectivity index (χ1n) is 3.90. The molecule has 0 atom stereocenters. The zero-order valence-corrected chi connectivity index (χ0v) is 8.79. The number of hydrogen-bond donors (Lipinski definition) is 1. The molecule has 1 aromatic rings. The molecule has 0 spiro atoms. The summed E-state index contributed by atoms with van der Waals surface area (Å²) in [6, 6.07) is 3.98. The first-order valence-corrected chi connectivity index (χ1v) is 5.02. The summed E-state index contributed by atoms with van der Waals surface area (Å²) in [7, 11) is 0. The zero-order valence-electron chi connectivity index (χ0n) is 7.21. The van der Waals surface area contributed by atoms with E-state index in [1.54, 1.807) is 12.2 Å². The second kappa shape index (κ2) is 4.91. The number of halogens is 2. The van der Waals surface area contributed by atoms with Crippen molar-refractivity contribution in [3.63, 3.8) is 0 Å². The molecule has 0 aliphatic carbocycles. The maximum Gasteiger partial charge on any atom is 0.338 e. The number of allylic oxidation sites excluding steroid dienone is 1. The Kier molecular flexibility index (Phi) is 3.83. The number of aromatic carboxylic acids is 1. The average Bonchev–Trinajstić information content (AvgIpc) is 2.16. The Hall–Kier alpha value is -1.16. The molecule has 0 fully saturated rings. The van der Waals surface area contributed by atoms with E-state index in [9.17, 15) is 9.18 Å². The van der Waals surface area contributed by atoms with Crippen molar-refractivity contribution in [2.75, 3.05) is 5.33 Å². The van der Waals surface area contributed by atoms with E-state index in [2.05, 4.69) is 15.9 Å². The van der Waals surface area contributed by atoms with Gasteiger partial charge in [0, 0.05) is 5.33 Å². The zero-order chi connectivity index (χ0) is 10.6. The third-order valence-electron chi connectivity index (χ3n) is 1.62. The molecule has 0 aliphatic heterocycles. The minimum absolute atomic E-state index is 0.304. The average molecular weight is 259 g/mol. The van der Waals surface area contributed by atoms with Gasteiger partial charge in [0.25, 0.3) is 0 Å². The largest absolute Gasteiger partial charge is 0.478 e. The lowest BCUT2D eigenvalue weighted by molar-refractivity contribution is 0.0692. The fourth-order valence-electron chi connectivity index (χ4n) is 0.991. The highest BCUT2D eigenvalue weighted by Gasteiger charge is 2.09. The molecule has 74 valence electrons. The standard InChI is InChI=1S/C10H8BrFO2/c11-5-1-2-7-3-4-9(12)8(6-7)10(13)14/h1-4,6H,5H2,(H,13,14). The molecule has 0 bridgehead atoms. The number of carboxylic acid groups (broad SMARTS) is 1. The fraction of sp³-hybridized carbons (Fsp3) is 0.100. The molecule has 0 aromatic heterocycles. The highest BCUT2D eigenvalue weighted by atomic mass is 79.9. The van der Waals surface area contributed by atoms with Gasteiger partial charge >= 0.3 is 5.97 Å². The van der Waals surface area contributed by atoms with Gasteiger partial charge in [0.15, 0.2) is 0 Å². The number of rotatable bonds is 3. The van der Waals surface area contributed by atoms with E-state index in [0.717, 1.165) is 6.07 Å². The molecule has 4 heteroatoms. The molecule has 0 saturated carbocycles. The monoisotopic (exact) mass is 258 g/mol. The summed E-state index contributed by atoms with van der Waals surface area (Å²) in [6.07, 6.45) is 3.53. The lowest BCUT2D eigenvalue weighted by Crippen LogP contribution is -2.00. The second-order valence-electron chi connectivity index (χ2n) is 2.60. The van der Waals surface area contributed by atoms with Gasteiger partial charge in [0.1, 0.15) is 5.82 Å². The van der Waals surface area contributed by atoms with Crippen molar-refractivity contribution in [1.29, 1.82) is 0 Å². The van der Waals surface area contributed by atoms with Crippen LogP contribution in [0.4, 0.5) is 4.39 Å². The minimum atomic E-state index is -1.25. The molecule has 0 aliphatic rings. The topological polar surface area (TPSA) is 37.3 Å². The summed E-state index contributed by atoms with van der Waals surface area (Å²) < 4.78 is 12.9. The number of hydrogen-bond acceptors (Lipinski definition) is 1.